The van der Waals surface area contributed by atoms with Gasteiger partial charge in [0, 0.05) is 0 Å². The molecule has 0 spiro atoms. The molecule has 2 rings (SSSR count). The molecule has 0 radical (unpaired) electrons. The van der Waals surface area contributed by atoms with Crippen LogP contribution in [-0.2, 0) is 0 Å². The van der Waals surface area contributed by atoms with Gasteiger partial charge in [-0.25, -0.2) is 14.2 Å². The first kappa shape index (κ1) is 12.0. The van der Waals surface area contributed by atoms with E-state index in [4.69, 9.17) is 5.11 Å². The minimum absolute atomic E-state index is 0.0911. The van der Waals surface area contributed by atoms with Crippen LogP contribution in [0.15, 0.2) is 43.0 Å². The van der Waals surface area contributed by atoms with Crippen LogP contribution < -0.4 is 0 Å². The predicted octanol–water partition coefficient (Wildman–Crippen LogP) is 3.23. The summed E-state index contributed by atoms with van der Waals surface area (Å²) in [6.07, 6.45) is 1.45. The highest BCUT2D eigenvalue weighted by atomic mass is 19.1. The SMILES string of the molecule is C=Cc1cc(-c2cccc(F)c2)cc(C(=O)O)n1. The van der Waals surface area contributed by atoms with E-state index in [-0.39, 0.29) is 11.5 Å². The molecule has 0 amide bonds. The summed E-state index contributed by atoms with van der Waals surface area (Å²) in [5, 5.41) is 8.96. The summed E-state index contributed by atoms with van der Waals surface area (Å²) < 4.78 is 13.1. The average molecular weight is 243 g/mol. The van der Waals surface area contributed by atoms with Gasteiger partial charge in [-0.2, -0.15) is 0 Å². The molecule has 2 aromatic rings. The zero-order valence-electron chi connectivity index (χ0n) is 9.43. The highest BCUT2D eigenvalue weighted by Gasteiger charge is 2.09. The Labute approximate surface area is 103 Å². The number of hydrogen-bond donors (Lipinski definition) is 1. The van der Waals surface area contributed by atoms with Crippen molar-refractivity contribution < 1.29 is 14.3 Å². The van der Waals surface area contributed by atoms with Crippen molar-refractivity contribution in [2.24, 2.45) is 0 Å². The molecule has 0 aliphatic heterocycles. The van der Waals surface area contributed by atoms with Gasteiger partial charge in [-0.3, -0.25) is 0 Å². The number of rotatable bonds is 3. The van der Waals surface area contributed by atoms with Crippen molar-refractivity contribution in [3.63, 3.8) is 0 Å². The minimum Gasteiger partial charge on any atom is -0.477 e. The first-order valence-electron chi connectivity index (χ1n) is 5.24. The van der Waals surface area contributed by atoms with Gasteiger partial charge < -0.3 is 5.11 Å². The molecule has 0 bridgehead atoms. The molecule has 0 saturated heterocycles. The molecule has 0 aliphatic carbocycles. The maximum absolute atomic E-state index is 13.1. The van der Waals surface area contributed by atoms with Gasteiger partial charge in [-0.1, -0.05) is 18.7 Å². The van der Waals surface area contributed by atoms with Crippen LogP contribution >= 0.6 is 0 Å². The van der Waals surface area contributed by atoms with Crippen molar-refractivity contribution in [1.29, 1.82) is 0 Å². The fourth-order valence-corrected chi connectivity index (χ4v) is 1.60. The molecule has 0 saturated carbocycles. The van der Waals surface area contributed by atoms with Gasteiger partial charge in [0.05, 0.1) is 5.69 Å². The van der Waals surface area contributed by atoms with Gasteiger partial charge in [-0.15, -0.1) is 0 Å². The zero-order chi connectivity index (χ0) is 13.1. The summed E-state index contributed by atoms with van der Waals surface area (Å²) in [5.41, 5.74) is 1.54. The van der Waals surface area contributed by atoms with E-state index in [9.17, 15) is 9.18 Å². The number of carbonyl (C=O) groups is 1. The van der Waals surface area contributed by atoms with Crippen LogP contribution in [0.4, 0.5) is 4.39 Å². The average Bonchev–Trinajstić information content (AvgIpc) is 2.38. The van der Waals surface area contributed by atoms with Crippen LogP contribution in [-0.4, -0.2) is 16.1 Å². The number of nitrogens with zero attached hydrogens (tertiary/aromatic N) is 1. The third-order valence-corrected chi connectivity index (χ3v) is 2.43. The number of benzene rings is 1. The molecule has 3 nitrogen and oxygen atoms in total. The lowest BCUT2D eigenvalue weighted by Gasteiger charge is -2.05. The largest absolute Gasteiger partial charge is 0.477 e. The predicted molar refractivity (Wildman–Crippen MR) is 66.7 cm³/mol. The van der Waals surface area contributed by atoms with E-state index >= 15 is 0 Å². The number of aromatic nitrogens is 1. The molecule has 0 atom stereocenters. The lowest BCUT2D eigenvalue weighted by Crippen LogP contribution is -2.01. The molecule has 1 heterocycles. The Morgan fingerprint density at radius 2 is 2.06 bits per heavy atom. The molecule has 0 aliphatic rings. The molecule has 0 fully saturated rings. The zero-order valence-corrected chi connectivity index (χ0v) is 9.43. The summed E-state index contributed by atoms with van der Waals surface area (Å²) in [7, 11) is 0. The Hall–Kier alpha value is -2.49. The van der Waals surface area contributed by atoms with Gasteiger partial charge in [0.25, 0.3) is 0 Å². The van der Waals surface area contributed by atoms with E-state index in [0.29, 0.717) is 16.8 Å². The highest BCUT2D eigenvalue weighted by molar-refractivity contribution is 5.87. The molecule has 1 aromatic carbocycles. The third-order valence-electron chi connectivity index (χ3n) is 2.43. The number of carboxylic acid groups (broad SMARTS) is 1. The summed E-state index contributed by atoms with van der Waals surface area (Å²) >= 11 is 0. The Bertz CT molecular complexity index is 623. The van der Waals surface area contributed by atoms with Crippen LogP contribution in [0, 0.1) is 5.82 Å². The first-order chi connectivity index (χ1) is 8.60. The Morgan fingerprint density at radius 3 is 2.67 bits per heavy atom. The lowest BCUT2D eigenvalue weighted by atomic mass is 10.0. The number of hydrogen-bond acceptors (Lipinski definition) is 2. The minimum atomic E-state index is -1.13. The van der Waals surface area contributed by atoms with Gasteiger partial charge in [0.1, 0.15) is 11.5 Å². The maximum Gasteiger partial charge on any atom is 0.354 e. The number of carboxylic acids is 1. The van der Waals surface area contributed by atoms with Gasteiger partial charge in [-0.05, 0) is 41.5 Å². The molecule has 1 N–H and O–H groups in total. The van der Waals surface area contributed by atoms with E-state index in [0.717, 1.165) is 0 Å². The lowest BCUT2D eigenvalue weighted by molar-refractivity contribution is 0.0690. The smallest absolute Gasteiger partial charge is 0.354 e. The van der Waals surface area contributed by atoms with Crippen molar-refractivity contribution in [3.8, 4) is 11.1 Å². The standard InChI is InChI=1S/C14H10FNO2/c1-2-12-7-10(8-13(16-12)14(17)18)9-4-3-5-11(15)6-9/h2-8H,1H2,(H,17,18). The molecule has 90 valence electrons. The summed E-state index contributed by atoms with van der Waals surface area (Å²) in [4.78, 5) is 14.8. The van der Waals surface area contributed by atoms with E-state index < -0.39 is 5.97 Å². The van der Waals surface area contributed by atoms with Gasteiger partial charge >= 0.3 is 5.97 Å². The van der Waals surface area contributed by atoms with Crippen molar-refractivity contribution in [3.05, 3.63) is 60.2 Å². The van der Waals surface area contributed by atoms with Crippen molar-refractivity contribution >= 4 is 12.0 Å². The summed E-state index contributed by atoms with van der Waals surface area (Å²) in [6.45, 7) is 3.55. The second kappa shape index (κ2) is 4.79. The normalized spacial score (nSPS) is 10.1. The van der Waals surface area contributed by atoms with Crippen LogP contribution in [0.2, 0.25) is 0 Å². The second-order valence-corrected chi connectivity index (χ2v) is 3.69. The first-order valence-corrected chi connectivity index (χ1v) is 5.24. The molecule has 0 unspecified atom stereocenters. The van der Waals surface area contributed by atoms with Gasteiger partial charge in [0.15, 0.2) is 0 Å². The maximum atomic E-state index is 13.1. The van der Waals surface area contributed by atoms with Crippen LogP contribution in [0.5, 0.6) is 0 Å². The molecule has 1 aromatic heterocycles. The van der Waals surface area contributed by atoms with E-state index in [1.807, 2.05) is 0 Å². The summed E-state index contributed by atoms with van der Waals surface area (Å²) in [5.74, 6) is -1.50. The fourth-order valence-electron chi connectivity index (χ4n) is 1.60. The van der Waals surface area contributed by atoms with E-state index in [2.05, 4.69) is 11.6 Å². The van der Waals surface area contributed by atoms with Crippen LogP contribution in [0.1, 0.15) is 16.2 Å². The van der Waals surface area contributed by atoms with Crippen LogP contribution in [0.25, 0.3) is 17.2 Å². The second-order valence-electron chi connectivity index (χ2n) is 3.69. The number of pyridine rings is 1. The highest BCUT2D eigenvalue weighted by Crippen LogP contribution is 2.22. The Morgan fingerprint density at radius 1 is 1.28 bits per heavy atom. The van der Waals surface area contributed by atoms with E-state index in [1.54, 1.807) is 18.2 Å². The van der Waals surface area contributed by atoms with Crippen molar-refractivity contribution in [2.75, 3.05) is 0 Å². The van der Waals surface area contributed by atoms with Crippen molar-refractivity contribution in [1.82, 2.24) is 4.98 Å². The van der Waals surface area contributed by atoms with Crippen molar-refractivity contribution in [2.45, 2.75) is 0 Å². The fraction of sp³-hybridized carbons (Fsp3) is 0. The third kappa shape index (κ3) is 2.43. The molecule has 4 heteroatoms. The number of halogens is 1. The molecular weight excluding hydrogens is 233 g/mol. The quantitative estimate of drug-likeness (QED) is 0.900. The summed E-state index contributed by atoms with van der Waals surface area (Å²) in [6, 6.07) is 9.01. The van der Waals surface area contributed by atoms with E-state index in [1.165, 1.54) is 24.3 Å². The molecular formula is C14H10FNO2. The monoisotopic (exact) mass is 243 g/mol. The Kier molecular flexibility index (Phi) is 3.19. The Balaban J connectivity index is 2.60. The van der Waals surface area contributed by atoms with Gasteiger partial charge in [0.2, 0.25) is 0 Å². The molecule has 18 heavy (non-hydrogen) atoms. The number of aromatic carboxylic acids is 1. The topological polar surface area (TPSA) is 50.2 Å². The van der Waals surface area contributed by atoms with Crippen LogP contribution in [0.3, 0.4) is 0 Å².